The lowest BCUT2D eigenvalue weighted by molar-refractivity contribution is -0.134. The van der Waals surface area contributed by atoms with Gasteiger partial charge in [0.1, 0.15) is 16.2 Å². The Morgan fingerprint density at radius 3 is 1.36 bits per heavy atom. The smallest absolute Gasteiger partial charge is 0.293 e. The molecule has 0 heterocycles. The lowest BCUT2D eigenvalue weighted by atomic mass is 9.77. The van der Waals surface area contributed by atoms with Crippen LogP contribution in [0.4, 0.5) is 0 Å². The molecule has 0 saturated heterocycles. The quantitative estimate of drug-likeness (QED) is 0.317. The second-order valence-electron chi connectivity index (χ2n) is 10.6. The molecule has 4 aliphatic rings. The first-order valence-electron chi connectivity index (χ1n) is 14.2. The Labute approximate surface area is 260 Å². The van der Waals surface area contributed by atoms with Crippen molar-refractivity contribution in [3.63, 3.8) is 0 Å². The van der Waals surface area contributed by atoms with Crippen LogP contribution >= 0.6 is 34.8 Å². The molecule has 0 aromatic heterocycles. The maximum atomic E-state index is 12.6. The molecular weight excluding hydrogens is 599 g/mol. The molecule has 0 amide bonds. The number of ether oxygens (including phenoxy) is 1. The first-order valence-corrected chi connectivity index (χ1v) is 15.3. The van der Waals surface area contributed by atoms with Crippen LogP contribution in [-0.4, -0.2) is 35.7 Å². The summed E-state index contributed by atoms with van der Waals surface area (Å²) in [5.41, 5.74) is 2.14. The van der Waals surface area contributed by atoms with Gasteiger partial charge in [-0.3, -0.25) is 24.0 Å². The molecule has 0 unspecified atom stereocenters. The monoisotopic (exact) mass is 628 g/mol. The van der Waals surface area contributed by atoms with E-state index in [0.29, 0.717) is 34.3 Å². The van der Waals surface area contributed by atoms with Gasteiger partial charge in [0, 0.05) is 27.8 Å². The molecule has 2 aromatic carbocycles. The summed E-state index contributed by atoms with van der Waals surface area (Å²) in [4.78, 5) is 57.8. The molecule has 42 heavy (non-hydrogen) atoms. The Kier molecular flexibility index (Phi) is 11.3. The minimum Gasteiger partial charge on any atom is -0.465 e. The van der Waals surface area contributed by atoms with Crippen LogP contribution in [0.2, 0.25) is 0 Å². The lowest BCUT2D eigenvalue weighted by Crippen LogP contribution is -2.25. The summed E-state index contributed by atoms with van der Waals surface area (Å²) >= 11 is 17.4. The molecule has 0 aliphatic heterocycles. The predicted octanol–water partition coefficient (Wildman–Crippen LogP) is 8.39. The first-order chi connectivity index (χ1) is 20.3. The number of fused-ring (bicyclic) bond motifs is 2. The van der Waals surface area contributed by atoms with Crippen LogP contribution in [0.25, 0.3) is 0 Å². The molecule has 0 atom stereocenters. The van der Waals surface area contributed by atoms with Crippen LogP contribution in [-0.2, 0) is 9.53 Å². The fourth-order valence-electron chi connectivity index (χ4n) is 5.72. The number of hydrogen-bond acceptors (Lipinski definition) is 6. The Morgan fingerprint density at radius 2 is 0.929 bits per heavy atom. The number of carbonyl (C=O) groups is 5. The molecule has 6 nitrogen and oxygen atoms in total. The normalized spacial score (nSPS) is 19.2. The number of hydrogen-bond donors (Lipinski definition) is 0. The van der Waals surface area contributed by atoms with Crippen molar-refractivity contribution in [3.05, 3.63) is 91.5 Å². The van der Waals surface area contributed by atoms with Crippen LogP contribution < -0.4 is 0 Å². The van der Waals surface area contributed by atoms with Gasteiger partial charge in [0.05, 0.1) is 5.03 Å². The minimum absolute atomic E-state index is 0.0490. The average molecular weight is 630 g/mol. The molecule has 0 radical (unpaired) electrons. The lowest BCUT2D eigenvalue weighted by Gasteiger charge is -2.27. The summed E-state index contributed by atoms with van der Waals surface area (Å²) in [7, 11) is 0. The van der Waals surface area contributed by atoms with Gasteiger partial charge in [-0.25, -0.2) is 0 Å². The van der Waals surface area contributed by atoms with Gasteiger partial charge in [0.15, 0.2) is 5.78 Å². The van der Waals surface area contributed by atoms with E-state index in [1.54, 1.807) is 48.5 Å². The molecule has 4 aliphatic carbocycles. The van der Waals surface area contributed by atoms with E-state index in [1.807, 2.05) is 0 Å². The zero-order valence-corrected chi connectivity index (χ0v) is 25.3. The highest BCUT2D eigenvalue weighted by molar-refractivity contribution is 6.59. The Balaban J connectivity index is 0.000000155. The number of allylic oxidation sites excluding steroid dienone is 4. The molecule has 2 saturated carbocycles. The standard InChI is InChI=1S/C16H15ClO2.C10H4Cl2O2.C7H12O2/c17-14-13(10-6-2-1-3-7-10)15(18)11-8-4-5-9-12(11)16(14)19;11-7-8(12)10(14)6-4-2-1-3-5(6)9(7)13;8-6-9-7-4-2-1-3-5-7/h4-5,8-10H,1-3,6-7H2;1-4H;6-7H,1-5H2. The molecule has 6 rings (SSSR count). The van der Waals surface area contributed by atoms with E-state index in [-0.39, 0.29) is 38.7 Å². The molecule has 0 bridgehead atoms. The van der Waals surface area contributed by atoms with Gasteiger partial charge in [-0.1, -0.05) is 109 Å². The maximum absolute atomic E-state index is 12.6. The minimum atomic E-state index is -0.396. The number of carbonyl (C=O) groups excluding carboxylic acids is 5. The van der Waals surface area contributed by atoms with Gasteiger partial charge in [-0.2, -0.15) is 0 Å². The summed E-state index contributed by atoms with van der Waals surface area (Å²) in [6.07, 6.45) is 11.5. The van der Waals surface area contributed by atoms with Crippen LogP contribution in [0, 0.1) is 5.92 Å². The third-order valence-corrected chi connectivity index (χ3v) is 9.11. The molecule has 9 heteroatoms. The summed E-state index contributed by atoms with van der Waals surface area (Å²) in [5, 5.41) is -0.249. The Bertz CT molecular complexity index is 1400. The molecular formula is C33H31Cl3O6. The van der Waals surface area contributed by atoms with E-state index in [4.69, 9.17) is 39.5 Å². The Morgan fingerprint density at radius 1 is 0.548 bits per heavy atom. The highest BCUT2D eigenvalue weighted by Gasteiger charge is 2.35. The second kappa shape index (κ2) is 14.9. The summed E-state index contributed by atoms with van der Waals surface area (Å²) in [6.45, 7) is 0.565. The van der Waals surface area contributed by atoms with E-state index in [0.717, 1.165) is 38.5 Å². The van der Waals surface area contributed by atoms with Crippen molar-refractivity contribution in [1.29, 1.82) is 0 Å². The third-order valence-electron chi connectivity index (χ3n) is 7.92. The third kappa shape index (κ3) is 7.11. The molecule has 0 spiro atoms. The van der Waals surface area contributed by atoms with E-state index in [9.17, 15) is 24.0 Å². The fraction of sp³-hybridized carbons (Fsp3) is 0.364. The van der Waals surface area contributed by atoms with Crippen molar-refractivity contribution >= 4 is 64.4 Å². The van der Waals surface area contributed by atoms with Crippen molar-refractivity contribution in [2.24, 2.45) is 5.92 Å². The van der Waals surface area contributed by atoms with Gasteiger partial charge in [-0.15, -0.1) is 0 Å². The van der Waals surface area contributed by atoms with Crippen molar-refractivity contribution in [2.75, 3.05) is 0 Å². The van der Waals surface area contributed by atoms with Gasteiger partial charge >= 0.3 is 0 Å². The van der Waals surface area contributed by atoms with Crippen LogP contribution in [0.5, 0.6) is 0 Å². The van der Waals surface area contributed by atoms with Crippen molar-refractivity contribution in [3.8, 4) is 0 Å². The molecule has 2 fully saturated rings. The number of Topliss-reactive ketones (excluding diaryl/α,β-unsaturated/α-hetero) is 4. The van der Waals surface area contributed by atoms with E-state index >= 15 is 0 Å². The van der Waals surface area contributed by atoms with Crippen LogP contribution in [0.3, 0.4) is 0 Å². The van der Waals surface area contributed by atoms with Gasteiger partial charge < -0.3 is 4.74 Å². The largest absolute Gasteiger partial charge is 0.465 e. The van der Waals surface area contributed by atoms with Crippen LogP contribution in [0.15, 0.2) is 69.2 Å². The van der Waals surface area contributed by atoms with E-state index < -0.39 is 11.6 Å². The molecule has 0 N–H and O–H groups in total. The maximum Gasteiger partial charge on any atom is 0.293 e. The predicted molar refractivity (Wildman–Crippen MR) is 162 cm³/mol. The molecule has 220 valence electrons. The Hall–Kier alpha value is -3.06. The van der Waals surface area contributed by atoms with Crippen LogP contribution in [0.1, 0.15) is 106 Å². The zero-order chi connectivity index (χ0) is 30.2. The van der Waals surface area contributed by atoms with Gasteiger partial charge in [0.25, 0.3) is 6.47 Å². The number of ketones is 4. The van der Waals surface area contributed by atoms with Crippen molar-refractivity contribution in [2.45, 2.75) is 70.3 Å². The van der Waals surface area contributed by atoms with Crippen molar-refractivity contribution < 1.29 is 28.7 Å². The van der Waals surface area contributed by atoms with E-state index in [2.05, 4.69) is 0 Å². The zero-order valence-electron chi connectivity index (χ0n) is 23.0. The summed E-state index contributed by atoms with van der Waals surface area (Å²) < 4.78 is 4.80. The second-order valence-corrected chi connectivity index (χ2v) is 11.7. The summed E-state index contributed by atoms with van der Waals surface area (Å²) in [6, 6.07) is 13.4. The summed E-state index contributed by atoms with van der Waals surface area (Å²) in [5.74, 6) is -0.880. The topological polar surface area (TPSA) is 94.6 Å². The van der Waals surface area contributed by atoms with Crippen molar-refractivity contribution in [1.82, 2.24) is 0 Å². The fourth-order valence-corrected chi connectivity index (χ4v) is 6.43. The SMILES string of the molecule is O=C1C(Cl)=C(C2CCCCC2)C(=O)c2ccccc21.O=C1C(Cl)=C(Cl)C(=O)c2ccccc21.O=COC1CCCCC1. The highest BCUT2D eigenvalue weighted by atomic mass is 35.5. The first kappa shape index (κ1) is 31.9. The number of halogens is 3. The average Bonchev–Trinajstić information content (AvgIpc) is 3.03. The highest BCUT2D eigenvalue weighted by Crippen LogP contribution is 2.38. The molecule has 2 aromatic rings. The van der Waals surface area contributed by atoms with E-state index in [1.165, 1.54) is 25.7 Å². The number of benzene rings is 2. The van der Waals surface area contributed by atoms with Gasteiger partial charge in [-0.05, 0) is 44.4 Å². The van der Waals surface area contributed by atoms with Gasteiger partial charge in [0.2, 0.25) is 17.3 Å². The number of rotatable bonds is 3.